The van der Waals surface area contributed by atoms with Gasteiger partial charge in [-0.2, -0.15) is 18.3 Å². The molecular formula is C34H35F3N8O. The Kier molecular flexibility index (Phi) is 8.80. The smallest absolute Gasteiger partial charge is 0.322 e. The van der Waals surface area contributed by atoms with Crippen molar-refractivity contribution in [1.29, 1.82) is 0 Å². The third kappa shape index (κ3) is 7.55. The van der Waals surface area contributed by atoms with Gasteiger partial charge in [0.2, 0.25) is 5.95 Å². The minimum atomic E-state index is -4.55. The third-order valence-electron chi connectivity index (χ3n) is 8.22. The van der Waals surface area contributed by atoms with E-state index in [4.69, 9.17) is 0 Å². The molecular weight excluding hydrogens is 593 g/mol. The van der Waals surface area contributed by atoms with Gasteiger partial charge in [0.25, 0.3) is 5.91 Å². The Hall–Kier alpha value is -4.73. The summed E-state index contributed by atoms with van der Waals surface area (Å²) in [6, 6.07) is 9.00. The topological polar surface area (TPSA) is 91.2 Å². The maximum absolute atomic E-state index is 14.0. The van der Waals surface area contributed by atoms with E-state index in [0.717, 1.165) is 48.9 Å². The lowest BCUT2D eigenvalue weighted by Gasteiger charge is -2.33. The number of likely N-dealkylation sites (N-methyl/N-ethyl adjacent to an activating group) is 1. The van der Waals surface area contributed by atoms with Crippen LogP contribution in [0.3, 0.4) is 0 Å². The molecule has 1 saturated carbocycles. The van der Waals surface area contributed by atoms with Gasteiger partial charge in [0.1, 0.15) is 0 Å². The molecule has 2 aromatic heterocycles. The number of nitrogens with one attached hydrogen (secondary N) is 2. The first-order valence-electron chi connectivity index (χ1n) is 15.2. The Labute approximate surface area is 265 Å². The van der Waals surface area contributed by atoms with Gasteiger partial charge in [0, 0.05) is 81.1 Å². The Morgan fingerprint density at radius 1 is 1.00 bits per heavy atom. The number of rotatable bonds is 7. The molecule has 3 heterocycles. The van der Waals surface area contributed by atoms with Crippen LogP contribution in [0, 0.1) is 18.8 Å². The largest absolute Gasteiger partial charge is 0.416 e. The number of piperazine rings is 1. The molecule has 12 heteroatoms. The summed E-state index contributed by atoms with van der Waals surface area (Å²) < 4.78 is 43.9. The van der Waals surface area contributed by atoms with Crippen LogP contribution in [-0.4, -0.2) is 68.7 Å². The molecule has 1 aliphatic heterocycles. The van der Waals surface area contributed by atoms with Crippen LogP contribution in [0.2, 0.25) is 0 Å². The molecule has 9 nitrogen and oxygen atoms in total. The van der Waals surface area contributed by atoms with E-state index in [9.17, 15) is 18.0 Å². The molecule has 0 radical (unpaired) electrons. The number of carbonyl (C=O) groups is 1. The van der Waals surface area contributed by atoms with Crippen LogP contribution in [-0.2, 0) is 19.8 Å². The van der Waals surface area contributed by atoms with Gasteiger partial charge in [0.15, 0.2) is 0 Å². The quantitative estimate of drug-likeness (QED) is 0.259. The number of hydrogen-bond acceptors (Lipinski definition) is 7. The van der Waals surface area contributed by atoms with E-state index < -0.39 is 17.6 Å². The molecule has 2 aromatic carbocycles. The van der Waals surface area contributed by atoms with E-state index in [2.05, 4.69) is 42.4 Å². The molecule has 0 atom stereocenters. The molecule has 1 amide bonds. The van der Waals surface area contributed by atoms with Crippen molar-refractivity contribution in [3.8, 4) is 11.8 Å². The summed E-state index contributed by atoms with van der Waals surface area (Å²) in [6.07, 6.45) is 2.86. The fraction of sp³-hybridized carbons (Fsp3) is 0.353. The van der Waals surface area contributed by atoms with Crippen molar-refractivity contribution in [2.75, 3.05) is 43.9 Å². The van der Waals surface area contributed by atoms with Crippen molar-refractivity contribution in [2.24, 2.45) is 7.05 Å². The first kappa shape index (κ1) is 31.3. The van der Waals surface area contributed by atoms with E-state index in [0.29, 0.717) is 36.1 Å². The highest BCUT2D eigenvalue weighted by Gasteiger charge is 2.34. The fourth-order valence-corrected chi connectivity index (χ4v) is 5.38. The molecule has 0 unspecified atom stereocenters. The second kappa shape index (κ2) is 12.9. The van der Waals surface area contributed by atoms with E-state index >= 15 is 0 Å². The fourth-order valence-electron chi connectivity index (χ4n) is 5.38. The van der Waals surface area contributed by atoms with E-state index in [1.54, 1.807) is 35.3 Å². The van der Waals surface area contributed by atoms with Crippen LogP contribution in [0.4, 0.5) is 30.5 Å². The lowest BCUT2D eigenvalue weighted by atomic mass is 10.0. The lowest BCUT2D eigenvalue weighted by Crippen LogP contribution is -2.44. The van der Waals surface area contributed by atoms with Crippen LogP contribution in [0.5, 0.6) is 0 Å². The van der Waals surface area contributed by atoms with Gasteiger partial charge in [-0.25, -0.2) is 9.97 Å². The highest BCUT2D eigenvalue weighted by Crippen LogP contribution is 2.42. The number of hydrogen-bond donors (Lipinski definition) is 2. The summed E-state index contributed by atoms with van der Waals surface area (Å²) in [5.74, 6) is 6.50. The zero-order chi connectivity index (χ0) is 32.4. The monoisotopic (exact) mass is 628 g/mol. The Morgan fingerprint density at radius 3 is 2.43 bits per heavy atom. The summed E-state index contributed by atoms with van der Waals surface area (Å²) in [5.41, 5.74) is 3.77. The van der Waals surface area contributed by atoms with Crippen molar-refractivity contribution in [2.45, 2.75) is 38.4 Å². The number of halogens is 3. The second-order valence-electron chi connectivity index (χ2n) is 12.0. The third-order valence-corrected chi connectivity index (χ3v) is 8.22. The lowest BCUT2D eigenvalue weighted by molar-refractivity contribution is -0.138. The van der Waals surface area contributed by atoms with Gasteiger partial charge < -0.3 is 15.5 Å². The minimum absolute atomic E-state index is 0.0778. The number of anilines is 3. The molecule has 2 fully saturated rings. The Bertz CT molecular complexity index is 1790. The molecule has 1 aliphatic carbocycles. The van der Waals surface area contributed by atoms with Crippen LogP contribution < -0.4 is 10.6 Å². The number of nitrogens with zero attached hydrogens (tertiary/aromatic N) is 6. The number of amides is 1. The van der Waals surface area contributed by atoms with Gasteiger partial charge in [-0.3, -0.25) is 14.4 Å². The number of alkyl halides is 3. The summed E-state index contributed by atoms with van der Waals surface area (Å²) in [7, 11) is 3.88. The van der Waals surface area contributed by atoms with Gasteiger partial charge >= 0.3 is 6.18 Å². The molecule has 0 bridgehead atoms. The number of aryl methyl sites for hydroxylation is 2. The van der Waals surface area contributed by atoms with Crippen LogP contribution in [0.25, 0.3) is 0 Å². The maximum Gasteiger partial charge on any atom is 0.416 e. The van der Waals surface area contributed by atoms with Crippen molar-refractivity contribution >= 4 is 23.2 Å². The molecule has 2 aliphatic rings. The Balaban J connectivity index is 1.13. The average molecular weight is 629 g/mol. The molecule has 0 spiro atoms. The maximum atomic E-state index is 14.0. The van der Waals surface area contributed by atoms with Crippen molar-refractivity contribution < 1.29 is 18.0 Å². The Morgan fingerprint density at radius 2 is 1.74 bits per heavy atom. The van der Waals surface area contributed by atoms with Crippen molar-refractivity contribution in [3.63, 3.8) is 0 Å². The SMILES string of the molecule is Cc1ccc(C(=O)Nc2ccc(CN3CCN(C)CC3)c(C(F)(F)F)c2)cc1C#Cc1cnc(Nc2cn(C)nc2C2CC2)nc1. The van der Waals surface area contributed by atoms with E-state index in [1.165, 1.54) is 12.1 Å². The number of benzene rings is 2. The first-order valence-corrected chi connectivity index (χ1v) is 15.2. The minimum Gasteiger partial charge on any atom is -0.322 e. The highest BCUT2D eigenvalue weighted by molar-refractivity contribution is 6.04. The van der Waals surface area contributed by atoms with Crippen molar-refractivity contribution in [3.05, 3.63) is 94.1 Å². The summed E-state index contributed by atoms with van der Waals surface area (Å²) >= 11 is 0. The number of aromatic nitrogens is 4. The molecule has 1 saturated heterocycles. The average Bonchev–Trinajstić information content (AvgIpc) is 3.80. The van der Waals surface area contributed by atoms with E-state index in [1.807, 2.05) is 32.1 Å². The predicted molar refractivity (Wildman–Crippen MR) is 170 cm³/mol. The van der Waals surface area contributed by atoms with Gasteiger partial charge in [-0.15, -0.1) is 0 Å². The van der Waals surface area contributed by atoms with Gasteiger partial charge in [-0.05, 0) is 62.2 Å². The predicted octanol–water partition coefficient (Wildman–Crippen LogP) is 5.56. The first-order chi connectivity index (χ1) is 22.0. The standard InChI is InChI=1S/C34H35F3N8O/c1-22-4-6-26(32(46)40-28-11-10-27(29(17-28)34(35,36)37)20-45-14-12-43(2)13-15-45)16-25(22)7-5-23-18-38-33(39-19-23)41-30-21-44(3)42-31(30)24-8-9-24/h4,6,10-11,16-19,21,24H,8-9,12-15,20H2,1-3H3,(H,40,46)(H,38,39,41). The molecule has 46 heavy (non-hydrogen) atoms. The zero-order valence-corrected chi connectivity index (χ0v) is 25.9. The summed E-state index contributed by atoms with van der Waals surface area (Å²) in [4.78, 5) is 26.1. The second-order valence-corrected chi connectivity index (χ2v) is 12.0. The molecule has 6 rings (SSSR count). The number of carbonyl (C=O) groups excluding carboxylic acids is 1. The highest BCUT2D eigenvalue weighted by atomic mass is 19.4. The van der Waals surface area contributed by atoms with Gasteiger partial charge in [-0.1, -0.05) is 24.0 Å². The van der Waals surface area contributed by atoms with Gasteiger partial charge in [0.05, 0.1) is 22.5 Å². The molecule has 2 N–H and O–H groups in total. The normalized spacial score (nSPS) is 15.7. The molecule has 238 valence electrons. The van der Waals surface area contributed by atoms with Crippen LogP contribution in [0.1, 0.15) is 62.6 Å². The van der Waals surface area contributed by atoms with Crippen LogP contribution in [0.15, 0.2) is 55.0 Å². The van der Waals surface area contributed by atoms with Crippen molar-refractivity contribution in [1.82, 2.24) is 29.5 Å². The molecule has 4 aromatic rings. The zero-order valence-electron chi connectivity index (χ0n) is 25.9. The summed E-state index contributed by atoms with van der Waals surface area (Å²) in [6.45, 7) is 5.09. The summed E-state index contributed by atoms with van der Waals surface area (Å²) in [5, 5.41) is 10.4. The van der Waals surface area contributed by atoms with Crippen LogP contribution >= 0.6 is 0 Å². The van der Waals surface area contributed by atoms with E-state index in [-0.39, 0.29) is 23.4 Å².